The van der Waals surface area contributed by atoms with Gasteiger partial charge in [0.05, 0.1) is 12.9 Å². The van der Waals surface area contributed by atoms with Gasteiger partial charge in [0.15, 0.2) is 5.16 Å². The molecule has 0 unspecified atom stereocenters. The van der Waals surface area contributed by atoms with Gasteiger partial charge in [-0.25, -0.2) is 0 Å². The largest absolute Gasteiger partial charge is 0.497 e. The second kappa shape index (κ2) is 11.6. The molecule has 0 atom stereocenters. The molecule has 0 aliphatic heterocycles. The van der Waals surface area contributed by atoms with Crippen molar-refractivity contribution in [3.05, 3.63) is 127 Å². The van der Waals surface area contributed by atoms with Gasteiger partial charge in [0, 0.05) is 23.5 Å². The van der Waals surface area contributed by atoms with Gasteiger partial charge >= 0.3 is 0 Å². The number of ether oxygens (including phenoxy) is 1. The molecule has 0 spiro atoms. The Bertz CT molecular complexity index is 1400. The molecular formula is C30H26N4O2S. The standard InChI is InChI=1S/C30H26N4O2S/c1-36-27-19-17-26(18-20-27)34-28(21-23-11-5-2-6-12-23)31-32-30(34)37-22-29(35)33(24-13-7-3-8-14-24)25-15-9-4-10-16-25/h2-20H,21-22H2,1H3. The van der Waals surface area contributed by atoms with Crippen LogP contribution in [0.15, 0.2) is 120 Å². The van der Waals surface area contributed by atoms with E-state index in [-0.39, 0.29) is 11.7 Å². The van der Waals surface area contributed by atoms with E-state index in [2.05, 4.69) is 22.3 Å². The lowest BCUT2D eigenvalue weighted by Gasteiger charge is -2.23. The zero-order chi connectivity index (χ0) is 25.5. The summed E-state index contributed by atoms with van der Waals surface area (Å²) in [6.45, 7) is 0. The Kier molecular flexibility index (Phi) is 7.62. The molecule has 6 nitrogen and oxygen atoms in total. The number of thioether (sulfide) groups is 1. The molecule has 7 heteroatoms. The molecule has 0 radical (unpaired) electrons. The van der Waals surface area contributed by atoms with Crippen LogP contribution in [0, 0.1) is 0 Å². The van der Waals surface area contributed by atoms with E-state index in [0.717, 1.165) is 34.2 Å². The third-order valence-electron chi connectivity index (χ3n) is 5.84. The van der Waals surface area contributed by atoms with Crippen molar-refractivity contribution in [2.75, 3.05) is 17.8 Å². The lowest BCUT2D eigenvalue weighted by molar-refractivity contribution is -0.115. The van der Waals surface area contributed by atoms with Gasteiger partial charge in [-0.15, -0.1) is 10.2 Å². The van der Waals surface area contributed by atoms with Crippen LogP contribution >= 0.6 is 11.8 Å². The van der Waals surface area contributed by atoms with E-state index in [9.17, 15) is 4.79 Å². The third kappa shape index (κ3) is 5.73. The van der Waals surface area contributed by atoms with Gasteiger partial charge < -0.3 is 4.74 Å². The Morgan fingerprint density at radius 3 is 1.92 bits per heavy atom. The molecule has 0 fully saturated rings. The summed E-state index contributed by atoms with van der Waals surface area (Å²) in [5.41, 5.74) is 3.69. The summed E-state index contributed by atoms with van der Waals surface area (Å²) in [5.74, 6) is 1.72. The molecule has 1 amide bonds. The maximum absolute atomic E-state index is 13.6. The van der Waals surface area contributed by atoms with Gasteiger partial charge in [0.25, 0.3) is 0 Å². The van der Waals surface area contributed by atoms with Gasteiger partial charge in [0.1, 0.15) is 11.6 Å². The number of anilines is 2. The number of carbonyl (C=O) groups excluding carboxylic acids is 1. The first-order chi connectivity index (χ1) is 18.2. The molecule has 0 bridgehead atoms. The fraction of sp³-hybridized carbons (Fsp3) is 0.100. The average Bonchev–Trinajstić information content (AvgIpc) is 3.36. The highest BCUT2D eigenvalue weighted by molar-refractivity contribution is 7.99. The maximum atomic E-state index is 13.6. The Hall–Kier alpha value is -4.36. The molecular weight excluding hydrogens is 480 g/mol. The molecule has 0 aliphatic carbocycles. The lowest BCUT2D eigenvalue weighted by Crippen LogP contribution is -2.27. The zero-order valence-corrected chi connectivity index (χ0v) is 21.2. The molecule has 0 saturated heterocycles. The first kappa shape index (κ1) is 24.3. The quantitative estimate of drug-likeness (QED) is 0.219. The molecule has 0 N–H and O–H groups in total. The second-order valence-electron chi connectivity index (χ2n) is 8.28. The number of amides is 1. The molecule has 4 aromatic carbocycles. The average molecular weight is 507 g/mol. The molecule has 5 aromatic rings. The number of carbonyl (C=O) groups is 1. The minimum atomic E-state index is -0.0451. The van der Waals surface area contributed by atoms with Gasteiger partial charge in [-0.1, -0.05) is 78.5 Å². The van der Waals surface area contributed by atoms with Crippen LogP contribution in [0.4, 0.5) is 11.4 Å². The molecule has 5 rings (SSSR count). The molecule has 0 saturated carbocycles. The number of aromatic nitrogens is 3. The van der Waals surface area contributed by atoms with Crippen molar-refractivity contribution in [2.24, 2.45) is 0 Å². The van der Waals surface area contributed by atoms with E-state index in [1.54, 1.807) is 12.0 Å². The van der Waals surface area contributed by atoms with Crippen molar-refractivity contribution in [1.82, 2.24) is 14.8 Å². The van der Waals surface area contributed by atoms with E-state index >= 15 is 0 Å². The van der Waals surface area contributed by atoms with Crippen LogP contribution in [0.3, 0.4) is 0 Å². The van der Waals surface area contributed by atoms with Gasteiger partial charge in [-0.05, 0) is 54.1 Å². The monoisotopic (exact) mass is 506 g/mol. The van der Waals surface area contributed by atoms with Gasteiger partial charge in [-0.3, -0.25) is 14.3 Å². The minimum absolute atomic E-state index is 0.0451. The summed E-state index contributed by atoms with van der Waals surface area (Å²) in [6, 6.07) is 37.3. The van der Waals surface area contributed by atoms with Crippen LogP contribution < -0.4 is 9.64 Å². The second-order valence-corrected chi connectivity index (χ2v) is 9.23. The highest BCUT2D eigenvalue weighted by atomic mass is 32.2. The van der Waals surface area contributed by atoms with Crippen molar-refractivity contribution < 1.29 is 9.53 Å². The van der Waals surface area contributed by atoms with E-state index < -0.39 is 0 Å². The van der Waals surface area contributed by atoms with E-state index in [1.165, 1.54) is 11.8 Å². The summed E-state index contributed by atoms with van der Waals surface area (Å²) in [6.07, 6.45) is 0.620. The highest BCUT2D eigenvalue weighted by Crippen LogP contribution is 2.29. The van der Waals surface area contributed by atoms with Crippen LogP contribution in [-0.4, -0.2) is 33.5 Å². The number of benzene rings is 4. The van der Waals surface area contributed by atoms with Crippen molar-refractivity contribution in [2.45, 2.75) is 11.6 Å². The minimum Gasteiger partial charge on any atom is -0.497 e. The van der Waals surface area contributed by atoms with Gasteiger partial charge in [-0.2, -0.15) is 0 Å². The first-order valence-corrected chi connectivity index (χ1v) is 12.9. The fourth-order valence-corrected chi connectivity index (χ4v) is 4.88. The third-order valence-corrected chi connectivity index (χ3v) is 6.75. The number of rotatable bonds is 9. The van der Waals surface area contributed by atoms with Crippen molar-refractivity contribution in [1.29, 1.82) is 0 Å². The van der Waals surface area contributed by atoms with Crippen molar-refractivity contribution in [3.8, 4) is 11.4 Å². The molecule has 1 heterocycles. The number of hydrogen-bond acceptors (Lipinski definition) is 5. The summed E-state index contributed by atoms with van der Waals surface area (Å²) in [7, 11) is 1.65. The molecule has 0 aliphatic rings. The van der Waals surface area contributed by atoms with E-state index in [4.69, 9.17) is 4.74 Å². The van der Waals surface area contributed by atoms with Crippen molar-refractivity contribution in [3.63, 3.8) is 0 Å². The zero-order valence-electron chi connectivity index (χ0n) is 20.4. The normalized spacial score (nSPS) is 10.7. The van der Waals surface area contributed by atoms with Crippen LogP contribution in [0.5, 0.6) is 5.75 Å². The predicted molar refractivity (Wildman–Crippen MR) is 148 cm³/mol. The molecule has 184 valence electrons. The van der Waals surface area contributed by atoms with Crippen LogP contribution in [0.2, 0.25) is 0 Å². The Labute approximate surface area is 220 Å². The van der Waals surface area contributed by atoms with Crippen molar-refractivity contribution >= 4 is 29.0 Å². The lowest BCUT2D eigenvalue weighted by atomic mass is 10.1. The van der Waals surface area contributed by atoms with Gasteiger partial charge in [0.2, 0.25) is 5.91 Å². The summed E-state index contributed by atoms with van der Waals surface area (Å²) in [4.78, 5) is 15.3. The highest BCUT2D eigenvalue weighted by Gasteiger charge is 2.21. The molecule has 1 aromatic heterocycles. The van der Waals surface area contributed by atoms with E-state index in [0.29, 0.717) is 11.6 Å². The van der Waals surface area contributed by atoms with Crippen LogP contribution in [0.1, 0.15) is 11.4 Å². The predicted octanol–water partition coefficient (Wildman–Crippen LogP) is 6.32. The topological polar surface area (TPSA) is 60.2 Å². The number of methoxy groups -OCH3 is 1. The van der Waals surface area contributed by atoms with Crippen LogP contribution in [0.25, 0.3) is 5.69 Å². The van der Waals surface area contributed by atoms with E-state index in [1.807, 2.05) is 108 Å². The number of para-hydroxylation sites is 2. The summed E-state index contributed by atoms with van der Waals surface area (Å²) in [5, 5.41) is 9.65. The summed E-state index contributed by atoms with van der Waals surface area (Å²) >= 11 is 1.38. The Morgan fingerprint density at radius 2 is 1.35 bits per heavy atom. The Morgan fingerprint density at radius 1 is 0.784 bits per heavy atom. The fourth-order valence-electron chi connectivity index (χ4n) is 4.06. The molecule has 37 heavy (non-hydrogen) atoms. The summed E-state index contributed by atoms with van der Waals surface area (Å²) < 4.78 is 7.35. The first-order valence-electron chi connectivity index (χ1n) is 11.9. The number of hydrogen-bond donors (Lipinski definition) is 0. The Balaban J connectivity index is 1.44. The maximum Gasteiger partial charge on any atom is 0.242 e. The SMILES string of the molecule is COc1ccc(-n2c(Cc3ccccc3)nnc2SCC(=O)N(c2ccccc2)c2ccccc2)cc1. The number of nitrogens with zero attached hydrogens (tertiary/aromatic N) is 4. The smallest absolute Gasteiger partial charge is 0.242 e. The van der Waals surface area contributed by atoms with Crippen LogP contribution in [-0.2, 0) is 11.2 Å².